The third-order valence-electron chi connectivity index (χ3n) is 3.62. The highest BCUT2D eigenvalue weighted by atomic mass is 35.5. The first-order valence-electron chi connectivity index (χ1n) is 6.67. The molecule has 1 saturated heterocycles. The molecular weight excluding hydrogens is 276 g/mol. The number of carbonyl (C=O) groups excluding carboxylic acids is 1. The fourth-order valence-electron chi connectivity index (χ4n) is 2.44. The summed E-state index contributed by atoms with van der Waals surface area (Å²) in [7, 11) is 0. The molecule has 1 N–H and O–H groups in total. The van der Waals surface area contributed by atoms with Crippen molar-refractivity contribution in [2.24, 2.45) is 0 Å². The van der Waals surface area contributed by atoms with Gasteiger partial charge in [-0.1, -0.05) is 23.7 Å². The molecule has 1 fully saturated rings. The van der Waals surface area contributed by atoms with Crippen molar-refractivity contribution in [2.45, 2.75) is 18.9 Å². The SMILES string of the molecule is O=C(c1ccc2ccc(Cl)cc2n1)N1CCC(O)CC1. The highest BCUT2D eigenvalue weighted by Crippen LogP contribution is 2.19. The van der Waals surface area contributed by atoms with Crippen LogP contribution in [-0.4, -0.2) is 40.1 Å². The standard InChI is InChI=1S/C15H15ClN2O2/c16-11-3-1-10-2-4-13(17-14(10)9-11)15(20)18-7-5-12(19)6-8-18/h1-4,9,12,19H,5-8H2. The van der Waals surface area contributed by atoms with Crippen molar-refractivity contribution in [3.8, 4) is 0 Å². The van der Waals surface area contributed by atoms with E-state index < -0.39 is 0 Å². The van der Waals surface area contributed by atoms with Gasteiger partial charge in [0.15, 0.2) is 0 Å². The van der Waals surface area contributed by atoms with Gasteiger partial charge < -0.3 is 10.0 Å². The average Bonchev–Trinajstić information content (AvgIpc) is 2.46. The van der Waals surface area contributed by atoms with Crippen LogP contribution in [-0.2, 0) is 0 Å². The Bertz CT molecular complexity index is 651. The maximum absolute atomic E-state index is 12.4. The molecule has 2 aromatic rings. The number of piperidine rings is 1. The zero-order valence-electron chi connectivity index (χ0n) is 10.9. The van der Waals surface area contributed by atoms with E-state index in [1.165, 1.54) is 0 Å². The van der Waals surface area contributed by atoms with Crippen LogP contribution in [0.4, 0.5) is 0 Å². The minimum Gasteiger partial charge on any atom is -0.393 e. The zero-order chi connectivity index (χ0) is 14.1. The Morgan fingerprint density at radius 2 is 1.95 bits per heavy atom. The van der Waals surface area contributed by atoms with Crippen molar-refractivity contribution >= 4 is 28.4 Å². The quantitative estimate of drug-likeness (QED) is 0.878. The van der Waals surface area contributed by atoms with E-state index in [9.17, 15) is 9.90 Å². The van der Waals surface area contributed by atoms with Crippen molar-refractivity contribution in [3.63, 3.8) is 0 Å². The zero-order valence-corrected chi connectivity index (χ0v) is 11.7. The molecule has 1 aliphatic rings. The number of carbonyl (C=O) groups is 1. The van der Waals surface area contributed by atoms with Crippen LogP contribution in [0, 0.1) is 0 Å². The van der Waals surface area contributed by atoms with Gasteiger partial charge in [-0.05, 0) is 31.0 Å². The van der Waals surface area contributed by atoms with E-state index in [4.69, 9.17) is 11.6 Å². The summed E-state index contributed by atoms with van der Waals surface area (Å²) in [6.07, 6.45) is 0.971. The predicted octanol–water partition coefficient (Wildman–Crippen LogP) is 2.49. The molecule has 1 aromatic carbocycles. The van der Waals surface area contributed by atoms with Crippen LogP contribution in [0.25, 0.3) is 10.9 Å². The van der Waals surface area contributed by atoms with E-state index in [2.05, 4.69) is 4.98 Å². The Hall–Kier alpha value is -1.65. The average molecular weight is 291 g/mol. The Labute approximate surface area is 122 Å². The lowest BCUT2D eigenvalue weighted by atomic mass is 10.1. The number of nitrogens with zero attached hydrogens (tertiary/aromatic N) is 2. The van der Waals surface area contributed by atoms with Crippen LogP contribution in [0.1, 0.15) is 23.3 Å². The molecule has 5 heteroatoms. The number of hydrogen-bond donors (Lipinski definition) is 1. The number of halogens is 1. The van der Waals surface area contributed by atoms with Gasteiger partial charge >= 0.3 is 0 Å². The third kappa shape index (κ3) is 2.62. The van der Waals surface area contributed by atoms with Crippen LogP contribution in [0.15, 0.2) is 30.3 Å². The van der Waals surface area contributed by atoms with Crippen LogP contribution in [0.2, 0.25) is 5.02 Å². The van der Waals surface area contributed by atoms with Crippen molar-refractivity contribution in [2.75, 3.05) is 13.1 Å². The number of likely N-dealkylation sites (tertiary alicyclic amines) is 1. The summed E-state index contributed by atoms with van der Waals surface area (Å²) in [6.45, 7) is 1.16. The second-order valence-electron chi connectivity index (χ2n) is 5.06. The molecule has 0 radical (unpaired) electrons. The molecule has 0 atom stereocenters. The molecule has 1 aromatic heterocycles. The van der Waals surface area contributed by atoms with Gasteiger partial charge in [0.2, 0.25) is 0 Å². The van der Waals surface area contributed by atoms with E-state index in [1.807, 2.05) is 12.1 Å². The Balaban J connectivity index is 1.87. The molecular formula is C15H15ClN2O2. The van der Waals surface area contributed by atoms with Crippen molar-refractivity contribution in [1.82, 2.24) is 9.88 Å². The van der Waals surface area contributed by atoms with Crippen LogP contribution in [0.3, 0.4) is 0 Å². The minimum absolute atomic E-state index is 0.0845. The second kappa shape index (κ2) is 5.38. The largest absolute Gasteiger partial charge is 0.393 e. The fourth-order valence-corrected chi connectivity index (χ4v) is 2.61. The first-order chi connectivity index (χ1) is 9.63. The molecule has 104 valence electrons. The number of hydrogen-bond acceptors (Lipinski definition) is 3. The first-order valence-corrected chi connectivity index (χ1v) is 7.05. The molecule has 0 spiro atoms. The fraction of sp³-hybridized carbons (Fsp3) is 0.333. The molecule has 0 aliphatic carbocycles. The lowest BCUT2D eigenvalue weighted by Crippen LogP contribution is -2.40. The molecule has 0 bridgehead atoms. The molecule has 2 heterocycles. The Morgan fingerprint density at radius 1 is 1.25 bits per heavy atom. The number of fused-ring (bicyclic) bond motifs is 1. The summed E-state index contributed by atoms with van der Waals surface area (Å²) in [5.74, 6) is -0.0845. The monoisotopic (exact) mass is 290 g/mol. The van der Waals surface area contributed by atoms with Gasteiger partial charge in [0, 0.05) is 23.5 Å². The normalized spacial score (nSPS) is 16.6. The van der Waals surface area contributed by atoms with Crippen molar-refractivity contribution in [1.29, 1.82) is 0 Å². The number of aliphatic hydroxyl groups is 1. The van der Waals surface area contributed by atoms with Crippen molar-refractivity contribution < 1.29 is 9.90 Å². The number of aromatic nitrogens is 1. The van der Waals surface area contributed by atoms with Gasteiger partial charge in [0.05, 0.1) is 11.6 Å². The molecule has 0 unspecified atom stereocenters. The maximum Gasteiger partial charge on any atom is 0.272 e. The molecule has 3 rings (SSSR count). The third-order valence-corrected chi connectivity index (χ3v) is 3.86. The van der Waals surface area contributed by atoms with Crippen LogP contribution in [0.5, 0.6) is 0 Å². The molecule has 0 saturated carbocycles. The van der Waals surface area contributed by atoms with E-state index >= 15 is 0 Å². The molecule has 4 nitrogen and oxygen atoms in total. The van der Waals surface area contributed by atoms with Gasteiger partial charge in [-0.3, -0.25) is 4.79 Å². The summed E-state index contributed by atoms with van der Waals surface area (Å²) in [4.78, 5) is 18.5. The van der Waals surface area contributed by atoms with Gasteiger partial charge in [-0.25, -0.2) is 4.98 Å². The Kier molecular flexibility index (Phi) is 3.59. The summed E-state index contributed by atoms with van der Waals surface area (Å²) >= 11 is 5.95. The Morgan fingerprint density at radius 3 is 2.70 bits per heavy atom. The number of aliphatic hydroxyl groups excluding tert-OH is 1. The van der Waals surface area contributed by atoms with Gasteiger partial charge in [0.25, 0.3) is 5.91 Å². The smallest absolute Gasteiger partial charge is 0.272 e. The lowest BCUT2D eigenvalue weighted by Gasteiger charge is -2.29. The van der Waals surface area contributed by atoms with Gasteiger partial charge in [-0.15, -0.1) is 0 Å². The van der Waals surface area contributed by atoms with Crippen LogP contribution < -0.4 is 0 Å². The van der Waals surface area contributed by atoms with E-state index in [0.29, 0.717) is 36.6 Å². The summed E-state index contributed by atoms with van der Waals surface area (Å²) in [5.41, 5.74) is 1.15. The molecule has 1 amide bonds. The second-order valence-corrected chi connectivity index (χ2v) is 5.49. The molecule has 20 heavy (non-hydrogen) atoms. The maximum atomic E-state index is 12.4. The van der Waals surface area contributed by atoms with Gasteiger partial charge in [0.1, 0.15) is 5.69 Å². The summed E-state index contributed by atoms with van der Waals surface area (Å²) in [5, 5.41) is 11.0. The first kappa shape index (κ1) is 13.3. The topological polar surface area (TPSA) is 53.4 Å². The lowest BCUT2D eigenvalue weighted by molar-refractivity contribution is 0.0542. The van der Waals surface area contributed by atoms with Crippen molar-refractivity contribution in [3.05, 3.63) is 41.0 Å². The number of rotatable bonds is 1. The van der Waals surface area contributed by atoms with E-state index in [1.54, 1.807) is 23.1 Å². The summed E-state index contributed by atoms with van der Waals surface area (Å²) in [6, 6.07) is 9.07. The van der Waals surface area contributed by atoms with Gasteiger partial charge in [-0.2, -0.15) is 0 Å². The van der Waals surface area contributed by atoms with E-state index in [0.717, 1.165) is 10.9 Å². The highest BCUT2D eigenvalue weighted by Gasteiger charge is 2.23. The molecule has 1 aliphatic heterocycles. The minimum atomic E-state index is -0.289. The van der Waals surface area contributed by atoms with E-state index in [-0.39, 0.29) is 12.0 Å². The highest BCUT2D eigenvalue weighted by molar-refractivity contribution is 6.31. The summed E-state index contributed by atoms with van der Waals surface area (Å²) < 4.78 is 0. The predicted molar refractivity (Wildman–Crippen MR) is 77.9 cm³/mol. The number of benzene rings is 1. The van der Waals surface area contributed by atoms with Crippen LogP contribution >= 0.6 is 11.6 Å². The number of pyridine rings is 1. The number of amides is 1.